The van der Waals surface area contributed by atoms with E-state index < -0.39 is 11.6 Å². The van der Waals surface area contributed by atoms with E-state index in [2.05, 4.69) is 20.8 Å². The maximum absolute atomic E-state index is 13.2. The van der Waals surface area contributed by atoms with Crippen molar-refractivity contribution < 1.29 is 8.78 Å². The molecule has 0 aliphatic heterocycles. The van der Waals surface area contributed by atoms with Crippen LogP contribution in [0, 0.1) is 11.6 Å². The minimum absolute atomic E-state index is 0.117. The lowest BCUT2D eigenvalue weighted by Crippen LogP contribution is -2.14. The number of hydrogen-bond acceptors (Lipinski definition) is 0. The molecule has 0 fully saturated rings. The molecule has 0 saturated carbocycles. The minimum Gasteiger partial charge on any atom is -0.207 e. The van der Waals surface area contributed by atoms with E-state index in [1.165, 1.54) is 17.7 Å². The maximum Gasteiger partial charge on any atom is 0.126 e. The molecule has 0 unspecified atom stereocenters. The molecule has 0 N–H and O–H groups in total. The third kappa shape index (κ3) is 3.01. The molecule has 0 radical (unpaired) electrons. The highest BCUT2D eigenvalue weighted by atomic mass is 19.1. The fraction of sp³-hybridized carbons (Fsp3) is 0.294. The zero-order chi connectivity index (χ0) is 14.0. The first-order chi connectivity index (χ1) is 8.92. The first kappa shape index (κ1) is 13.7. The summed E-state index contributed by atoms with van der Waals surface area (Å²) in [7, 11) is 0. The summed E-state index contributed by atoms with van der Waals surface area (Å²) in [5.41, 5.74) is 2.74. The molecule has 0 heterocycles. The molecule has 19 heavy (non-hydrogen) atoms. The van der Waals surface area contributed by atoms with Gasteiger partial charge in [-0.25, -0.2) is 8.78 Å². The largest absolute Gasteiger partial charge is 0.207 e. The van der Waals surface area contributed by atoms with Crippen molar-refractivity contribution in [3.05, 3.63) is 59.7 Å². The molecule has 0 nitrogen and oxygen atoms in total. The van der Waals surface area contributed by atoms with Crippen molar-refractivity contribution in [3.8, 4) is 11.1 Å². The van der Waals surface area contributed by atoms with E-state index in [1.807, 2.05) is 24.3 Å². The Morgan fingerprint density at radius 3 is 1.84 bits per heavy atom. The van der Waals surface area contributed by atoms with Crippen LogP contribution in [0.4, 0.5) is 8.78 Å². The Morgan fingerprint density at radius 1 is 0.842 bits per heavy atom. The van der Waals surface area contributed by atoms with Gasteiger partial charge in [0, 0.05) is 6.07 Å². The van der Waals surface area contributed by atoms with Gasteiger partial charge in [-0.05, 0) is 40.7 Å². The Hall–Kier alpha value is -1.70. The average molecular weight is 260 g/mol. The summed E-state index contributed by atoms with van der Waals surface area (Å²) in [5.74, 6) is -1.10. The summed E-state index contributed by atoms with van der Waals surface area (Å²) >= 11 is 0. The Kier molecular flexibility index (Phi) is 3.70. The van der Waals surface area contributed by atoms with Gasteiger partial charge in [0.1, 0.15) is 11.6 Å². The first-order valence-corrected chi connectivity index (χ1v) is 6.49. The van der Waals surface area contributed by atoms with Crippen LogP contribution in [0.3, 0.4) is 0 Å². The number of hydrogen-bond donors (Lipinski definition) is 0. The molecular formula is C17H18F2. The van der Waals surface area contributed by atoms with Crippen molar-refractivity contribution in [2.24, 2.45) is 0 Å². The summed E-state index contributed by atoms with van der Waals surface area (Å²) in [6, 6.07) is 11.5. The van der Waals surface area contributed by atoms with Crippen LogP contribution in [0.5, 0.6) is 0 Å². The van der Waals surface area contributed by atoms with Crippen molar-refractivity contribution >= 4 is 0 Å². The fourth-order valence-corrected chi connectivity index (χ4v) is 2.04. The van der Waals surface area contributed by atoms with Gasteiger partial charge in [0.05, 0.1) is 0 Å². The molecule has 0 atom stereocenters. The normalized spacial score (nSPS) is 11.6. The highest BCUT2D eigenvalue weighted by Crippen LogP contribution is 2.29. The Balaban J connectivity index is 2.37. The van der Waals surface area contributed by atoms with Crippen LogP contribution < -0.4 is 0 Å². The topological polar surface area (TPSA) is 0 Å². The highest BCUT2D eigenvalue weighted by molar-refractivity contribution is 5.64. The van der Waals surface area contributed by atoms with Crippen molar-refractivity contribution in [3.63, 3.8) is 0 Å². The van der Waals surface area contributed by atoms with Gasteiger partial charge < -0.3 is 0 Å². The number of benzene rings is 2. The van der Waals surface area contributed by atoms with Crippen molar-refractivity contribution in [1.29, 1.82) is 0 Å². The summed E-state index contributed by atoms with van der Waals surface area (Å²) in [5, 5.41) is 0. The van der Waals surface area contributed by atoms with E-state index in [0.717, 1.165) is 18.1 Å². The van der Waals surface area contributed by atoms with Crippen LogP contribution in [0.1, 0.15) is 32.8 Å². The van der Waals surface area contributed by atoms with Gasteiger partial charge in [0.25, 0.3) is 0 Å². The fourth-order valence-electron chi connectivity index (χ4n) is 2.04. The Labute approximate surface area is 113 Å². The van der Waals surface area contributed by atoms with Crippen LogP contribution in [0.2, 0.25) is 0 Å². The summed E-state index contributed by atoms with van der Waals surface area (Å²) in [6.45, 7) is 6.52. The molecule has 100 valence electrons. The van der Waals surface area contributed by atoms with E-state index in [9.17, 15) is 8.78 Å². The zero-order valence-corrected chi connectivity index (χ0v) is 11.5. The van der Waals surface area contributed by atoms with Crippen LogP contribution in [0.25, 0.3) is 11.1 Å². The van der Waals surface area contributed by atoms with Gasteiger partial charge in [0.15, 0.2) is 0 Å². The predicted octanol–water partition coefficient (Wildman–Crippen LogP) is 5.32. The van der Waals surface area contributed by atoms with Crippen molar-refractivity contribution in [1.82, 2.24) is 0 Å². The molecule has 2 rings (SSSR count). The molecule has 2 heteroatoms. The van der Waals surface area contributed by atoms with E-state index in [4.69, 9.17) is 0 Å². The van der Waals surface area contributed by atoms with Gasteiger partial charge in [0.2, 0.25) is 0 Å². The number of halogens is 2. The quantitative estimate of drug-likeness (QED) is 0.700. The van der Waals surface area contributed by atoms with Gasteiger partial charge in [-0.15, -0.1) is 0 Å². The lowest BCUT2D eigenvalue weighted by Gasteiger charge is -2.23. The minimum atomic E-state index is -0.548. The van der Waals surface area contributed by atoms with Gasteiger partial charge in [-0.3, -0.25) is 0 Å². The molecule has 0 spiro atoms. The second kappa shape index (κ2) is 5.12. The third-order valence-electron chi connectivity index (χ3n) is 3.75. The highest BCUT2D eigenvalue weighted by Gasteiger charge is 2.17. The Morgan fingerprint density at radius 2 is 1.37 bits per heavy atom. The molecular weight excluding hydrogens is 242 g/mol. The summed E-state index contributed by atoms with van der Waals surface area (Å²) in [4.78, 5) is 0. The standard InChI is InChI=1S/C17H18F2/c1-4-17(2,3)14-7-5-12(6-8-14)13-9-15(18)11-16(19)10-13/h5-11H,4H2,1-3H3. The molecule has 0 aliphatic carbocycles. The zero-order valence-electron chi connectivity index (χ0n) is 11.5. The molecule has 2 aromatic carbocycles. The smallest absolute Gasteiger partial charge is 0.126 e. The second-order valence-electron chi connectivity index (χ2n) is 5.47. The third-order valence-corrected chi connectivity index (χ3v) is 3.75. The van der Waals surface area contributed by atoms with Gasteiger partial charge in [-0.2, -0.15) is 0 Å². The maximum atomic E-state index is 13.2. The molecule has 0 saturated heterocycles. The predicted molar refractivity (Wildman–Crippen MR) is 75.1 cm³/mol. The molecule has 0 bridgehead atoms. The van der Waals surface area contributed by atoms with Crippen LogP contribution in [-0.4, -0.2) is 0 Å². The monoisotopic (exact) mass is 260 g/mol. The SMILES string of the molecule is CCC(C)(C)c1ccc(-c2cc(F)cc(F)c2)cc1. The summed E-state index contributed by atoms with van der Waals surface area (Å²) < 4.78 is 26.4. The van der Waals surface area contributed by atoms with Crippen LogP contribution in [0.15, 0.2) is 42.5 Å². The van der Waals surface area contributed by atoms with Crippen molar-refractivity contribution in [2.45, 2.75) is 32.6 Å². The average Bonchev–Trinajstić information content (AvgIpc) is 2.38. The lowest BCUT2D eigenvalue weighted by atomic mass is 9.82. The molecule has 2 aromatic rings. The molecule has 0 amide bonds. The van der Waals surface area contributed by atoms with Gasteiger partial charge >= 0.3 is 0 Å². The van der Waals surface area contributed by atoms with E-state index in [1.54, 1.807) is 0 Å². The van der Waals surface area contributed by atoms with E-state index in [0.29, 0.717) is 5.56 Å². The molecule has 0 aliphatic rings. The van der Waals surface area contributed by atoms with Gasteiger partial charge in [-0.1, -0.05) is 45.0 Å². The van der Waals surface area contributed by atoms with Crippen LogP contribution >= 0.6 is 0 Å². The summed E-state index contributed by atoms with van der Waals surface area (Å²) in [6.07, 6.45) is 1.04. The first-order valence-electron chi connectivity index (χ1n) is 6.49. The Bertz CT molecular complexity index is 548. The molecule has 0 aromatic heterocycles. The van der Waals surface area contributed by atoms with E-state index in [-0.39, 0.29) is 5.41 Å². The van der Waals surface area contributed by atoms with Crippen molar-refractivity contribution in [2.75, 3.05) is 0 Å². The van der Waals surface area contributed by atoms with E-state index >= 15 is 0 Å². The number of rotatable bonds is 3. The second-order valence-corrected chi connectivity index (χ2v) is 5.47. The van der Waals surface area contributed by atoms with Crippen LogP contribution in [-0.2, 0) is 5.41 Å². The lowest BCUT2D eigenvalue weighted by molar-refractivity contribution is 0.506.